The summed E-state index contributed by atoms with van der Waals surface area (Å²) >= 11 is 0. The van der Waals surface area contributed by atoms with Crippen molar-refractivity contribution in [2.24, 2.45) is 0 Å². The minimum Gasteiger partial charge on any atom is -0.349 e. The van der Waals surface area contributed by atoms with E-state index in [1.165, 1.54) is 24.6 Å². The minimum absolute atomic E-state index is 0.0145. The number of ether oxygens (including phenoxy) is 1. The third-order valence-corrected chi connectivity index (χ3v) is 6.78. The van der Waals surface area contributed by atoms with Crippen LogP contribution in [0.25, 0.3) is 0 Å². The van der Waals surface area contributed by atoms with Gasteiger partial charge in [0.1, 0.15) is 18.4 Å². The van der Waals surface area contributed by atoms with Crippen molar-refractivity contribution in [1.29, 1.82) is 5.26 Å². The Kier molecular flexibility index (Phi) is 4.04. The van der Waals surface area contributed by atoms with Crippen LogP contribution in [-0.4, -0.2) is 33.5 Å². The summed E-state index contributed by atoms with van der Waals surface area (Å²) in [4.78, 5) is 25.7. The Morgan fingerprint density at radius 1 is 1.42 bits per heavy atom. The number of hydrogen-bond acceptors (Lipinski definition) is 7. The van der Waals surface area contributed by atoms with E-state index in [1.807, 2.05) is 6.07 Å². The summed E-state index contributed by atoms with van der Waals surface area (Å²) < 4.78 is 30.8. The van der Waals surface area contributed by atoms with Crippen LogP contribution in [0.1, 0.15) is 32.1 Å². The summed E-state index contributed by atoms with van der Waals surface area (Å²) in [5.41, 5.74) is -0.663. The average Bonchev–Trinajstić information content (AvgIpc) is 2.93. The van der Waals surface area contributed by atoms with Crippen molar-refractivity contribution in [3.8, 4) is 6.07 Å². The molecule has 130 valence electrons. The molecule has 0 radical (unpaired) electrons. The molecule has 0 aliphatic carbocycles. The standard InChI is InChI=1S/C14H18N3O6P/c1-8-5-17(13(19)16-12(8)18)11-4-9-10(22-11)6-21-24(20,23-9)14(2,3)7-15/h5,9-11H,4,6H2,1-3H3,(H,16,18,19)/t9-,10-,11-,24+/m0/s1. The summed E-state index contributed by atoms with van der Waals surface area (Å²) in [5, 5.41) is 7.91. The number of nitrogens with one attached hydrogen (secondary N) is 1. The zero-order valence-corrected chi connectivity index (χ0v) is 14.4. The monoisotopic (exact) mass is 355 g/mol. The van der Waals surface area contributed by atoms with Crippen molar-refractivity contribution in [2.75, 3.05) is 6.61 Å². The van der Waals surface area contributed by atoms with Gasteiger partial charge >= 0.3 is 13.3 Å². The number of H-pyrrole nitrogens is 1. The zero-order valence-electron chi connectivity index (χ0n) is 13.5. The SMILES string of the molecule is Cc1cn([C@@H]2C[C@@H]3O[P@@](=O)(C(C)(C)C#N)OC[C@@H]3O2)c(=O)[nH]c1=O. The molecule has 1 aromatic rings. The summed E-state index contributed by atoms with van der Waals surface area (Å²) in [7, 11) is -3.62. The molecule has 3 heterocycles. The third-order valence-electron chi connectivity index (χ3n) is 4.28. The molecule has 4 atom stereocenters. The smallest absolute Gasteiger partial charge is 0.349 e. The number of hydrogen-bond donors (Lipinski definition) is 1. The van der Waals surface area contributed by atoms with Crippen molar-refractivity contribution in [3.63, 3.8) is 0 Å². The molecule has 0 saturated carbocycles. The molecule has 0 aromatic carbocycles. The van der Waals surface area contributed by atoms with Crippen molar-refractivity contribution in [2.45, 2.75) is 50.8 Å². The highest BCUT2D eigenvalue weighted by Crippen LogP contribution is 2.64. The molecule has 0 unspecified atom stereocenters. The molecule has 1 N–H and O–H groups in total. The van der Waals surface area contributed by atoms with E-state index >= 15 is 0 Å². The fraction of sp³-hybridized carbons (Fsp3) is 0.643. The molecule has 10 heteroatoms. The van der Waals surface area contributed by atoms with Crippen LogP contribution in [0.4, 0.5) is 0 Å². The maximum atomic E-state index is 12.8. The Morgan fingerprint density at radius 2 is 2.12 bits per heavy atom. The number of nitriles is 1. The topological polar surface area (TPSA) is 123 Å². The lowest BCUT2D eigenvalue weighted by molar-refractivity contribution is -0.0604. The van der Waals surface area contributed by atoms with Gasteiger partial charge in [0.05, 0.1) is 12.7 Å². The molecule has 2 aliphatic rings. The average molecular weight is 355 g/mol. The molecule has 2 saturated heterocycles. The van der Waals surface area contributed by atoms with E-state index < -0.39 is 42.4 Å². The predicted octanol–water partition coefficient (Wildman–Crippen LogP) is 1.04. The van der Waals surface area contributed by atoms with Crippen molar-refractivity contribution in [3.05, 3.63) is 32.6 Å². The molecule has 24 heavy (non-hydrogen) atoms. The molecule has 0 bridgehead atoms. The lowest BCUT2D eigenvalue weighted by Gasteiger charge is -2.35. The molecule has 0 amide bonds. The second-order valence-corrected chi connectivity index (χ2v) is 9.03. The molecular formula is C14H18N3O6P. The summed E-state index contributed by atoms with van der Waals surface area (Å²) in [6.07, 6.45) is -0.0243. The van der Waals surface area contributed by atoms with Crippen LogP contribution in [0, 0.1) is 18.3 Å². The predicted molar refractivity (Wildman–Crippen MR) is 82.7 cm³/mol. The maximum Gasteiger partial charge on any atom is 0.350 e. The van der Waals surface area contributed by atoms with Gasteiger partial charge in [-0.25, -0.2) is 4.79 Å². The molecule has 2 aliphatic heterocycles. The maximum absolute atomic E-state index is 12.8. The van der Waals surface area contributed by atoms with Crippen LogP contribution >= 0.6 is 7.60 Å². The van der Waals surface area contributed by atoms with Crippen LogP contribution in [0.15, 0.2) is 15.8 Å². The molecular weight excluding hydrogens is 337 g/mol. The first kappa shape index (κ1) is 17.1. The van der Waals surface area contributed by atoms with Gasteiger partial charge in [-0.1, -0.05) is 0 Å². The Balaban J connectivity index is 1.85. The molecule has 3 rings (SSSR count). The van der Waals surface area contributed by atoms with Crippen molar-refractivity contribution < 1.29 is 18.3 Å². The van der Waals surface area contributed by atoms with E-state index in [4.69, 9.17) is 13.8 Å². The molecule has 1 aromatic heterocycles. The van der Waals surface area contributed by atoms with Crippen LogP contribution in [0.5, 0.6) is 0 Å². The van der Waals surface area contributed by atoms with E-state index in [9.17, 15) is 19.4 Å². The van der Waals surface area contributed by atoms with Gasteiger partial charge in [0.2, 0.25) is 0 Å². The van der Waals surface area contributed by atoms with Crippen LogP contribution in [0.3, 0.4) is 0 Å². The number of aromatic amines is 1. The zero-order chi connectivity index (χ0) is 17.7. The first-order valence-electron chi connectivity index (χ1n) is 7.49. The van der Waals surface area contributed by atoms with Gasteiger partial charge in [-0.05, 0) is 20.8 Å². The van der Waals surface area contributed by atoms with E-state index in [-0.39, 0.29) is 13.0 Å². The number of rotatable bonds is 2. The highest BCUT2D eigenvalue weighted by atomic mass is 31.2. The summed E-state index contributed by atoms with van der Waals surface area (Å²) in [6, 6.07) is 1.95. The van der Waals surface area contributed by atoms with Gasteiger partial charge in [0, 0.05) is 18.2 Å². The lowest BCUT2D eigenvalue weighted by atomic mass is 10.2. The fourth-order valence-electron chi connectivity index (χ4n) is 2.67. The normalized spacial score (nSPS) is 33.0. The first-order chi connectivity index (χ1) is 11.2. The Bertz CT molecular complexity index is 866. The van der Waals surface area contributed by atoms with E-state index in [0.29, 0.717) is 5.56 Å². The quantitative estimate of drug-likeness (QED) is 0.786. The van der Waals surface area contributed by atoms with Crippen LogP contribution < -0.4 is 11.2 Å². The van der Waals surface area contributed by atoms with E-state index in [1.54, 1.807) is 6.92 Å². The van der Waals surface area contributed by atoms with Gasteiger partial charge in [-0.2, -0.15) is 5.26 Å². The highest BCUT2D eigenvalue weighted by Gasteiger charge is 2.53. The van der Waals surface area contributed by atoms with Gasteiger partial charge in [0.15, 0.2) is 5.16 Å². The Labute approximate surface area is 137 Å². The van der Waals surface area contributed by atoms with Gasteiger partial charge in [-0.15, -0.1) is 0 Å². The number of aryl methyl sites for hydroxylation is 1. The van der Waals surface area contributed by atoms with E-state index in [2.05, 4.69) is 4.98 Å². The number of aromatic nitrogens is 2. The number of nitrogens with zero attached hydrogens (tertiary/aromatic N) is 2. The van der Waals surface area contributed by atoms with E-state index in [0.717, 1.165) is 0 Å². The second kappa shape index (κ2) is 5.67. The van der Waals surface area contributed by atoms with Gasteiger partial charge < -0.3 is 13.8 Å². The molecule has 2 fully saturated rings. The Hall–Kier alpha value is -1.72. The van der Waals surface area contributed by atoms with Crippen molar-refractivity contribution >= 4 is 7.60 Å². The van der Waals surface area contributed by atoms with Gasteiger partial charge in [-0.3, -0.25) is 18.9 Å². The Morgan fingerprint density at radius 3 is 2.79 bits per heavy atom. The van der Waals surface area contributed by atoms with Crippen LogP contribution in [0.2, 0.25) is 0 Å². The molecule has 0 spiro atoms. The summed E-state index contributed by atoms with van der Waals surface area (Å²) in [6.45, 7) is 4.59. The fourth-order valence-corrected chi connectivity index (χ4v) is 4.36. The summed E-state index contributed by atoms with van der Waals surface area (Å²) in [5.74, 6) is 0. The molecule has 9 nitrogen and oxygen atoms in total. The minimum atomic E-state index is -3.62. The second-order valence-electron chi connectivity index (χ2n) is 6.45. The lowest BCUT2D eigenvalue weighted by Crippen LogP contribution is -2.37. The van der Waals surface area contributed by atoms with Gasteiger partial charge in [0.25, 0.3) is 5.56 Å². The largest absolute Gasteiger partial charge is 0.350 e. The number of fused-ring (bicyclic) bond motifs is 1. The van der Waals surface area contributed by atoms with Crippen molar-refractivity contribution in [1.82, 2.24) is 9.55 Å². The van der Waals surface area contributed by atoms with Crippen LogP contribution in [-0.2, 0) is 18.3 Å². The first-order valence-corrected chi connectivity index (χ1v) is 9.03. The third kappa shape index (κ3) is 2.66. The highest BCUT2D eigenvalue weighted by molar-refractivity contribution is 7.56.